The van der Waals surface area contributed by atoms with E-state index in [2.05, 4.69) is 34.0 Å². The van der Waals surface area contributed by atoms with Crippen molar-refractivity contribution in [2.45, 2.75) is 27.3 Å². The number of fused-ring (bicyclic) bond motifs is 1. The molecule has 0 bridgehead atoms. The van der Waals surface area contributed by atoms with Crippen molar-refractivity contribution in [2.24, 2.45) is 0 Å². The molecule has 0 aliphatic heterocycles. The van der Waals surface area contributed by atoms with Gasteiger partial charge in [0.05, 0.1) is 11.5 Å². The molecule has 0 saturated heterocycles. The molecule has 2 aromatic heterocycles. The number of nitro benzene ring substituents is 1. The molecule has 0 N–H and O–H groups in total. The van der Waals surface area contributed by atoms with Crippen LogP contribution >= 0.6 is 11.3 Å². The van der Waals surface area contributed by atoms with Crippen molar-refractivity contribution < 1.29 is 4.92 Å². The Kier molecular flexibility index (Phi) is 4.54. The van der Waals surface area contributed by atoms with Gasteiger partial charge >= 0.3 is 0 Å². The highest BCUT2D eigenvalue weighted by atomic mass is 32.1. The summed E-state index contributed by atoms with van der Waals surface area (Å²) in [5, 5.41) is 24.7. The fourth-order valence-corrected chi connectivity index (χ4v) is 3.37. The molecule has 0 spiro atoms. The zero-order valence-corrected chi connectivity index (χ0v) is 14.6. The lowest BCUT2D eigenvalue weighted by atomic mass is 10.1. The van der Waals surface area contributed by atoms with E-state index < -0.39 is 0 Å². The fraction of sp³-hybridized carbons (Fsp3) is 0.400. The third-order valence-corrected chi connectivity index (χ3v) is 4.90. The molecule has 0 atom stereocenters. The summed E-state index contributed by atoms with van der Waals surface area (Å²) in [7, 11) is 0. The minimum absolute atomic E-state index is 0.115. The maximum atomic E-state index is 10.9. The van der Waals surface area contributed by atoms with Gasteiger partial charge in [0.25, 0.3) is 5.69 Å². The molecule has 126 valence electrons. The van der Waals surface area contributed by atoms with Gasteiger partial charge in [-0.1, -0.05) is 25.2 Å². The van der Waals surface area contributed by atoms with Crippen LogP contribution in [0.5, 0.6) is 0 Å². The molecule has 0 radical (unpaired) electrons. The van der Waals surface area contributed by atoms with Gasteiger partial charge < -0.3 is 0 Å². The third kappa shape index (κ3) is 3.00. The molecule has 3 aromatic rings. The van der Waals surface area contributed by atoms with Gasteiger partial charge in [-0.3, -0.25) is 15.0 Å². The highest BCUT2D eigenvalue weighted by molar-refractivity contribution is 7.19. The summed E-state index contributed by atoms with van der Waals surface area (Å²) < 4.78 is 1.76. The first-order valence-corrected chi connectivity index (χ1v) is 8.54. The number of nitro groups is 1. The first kappa shape index (κ1) is 16.5. The summed E-state index contributed by atoms with van der Waals surface area (Å²) in [6.07, 6.45) is 0. The van der Waals surface area contributed by atoms with Gasteiger partial charge in [-0.25, -0.2) is 0 Å². The minimum atomic E-state index is -0.375. The van der Waals surface area contributed by atoms with E-state index >= 15 is 0 Å². The normalized spacial score (nSPS) is 11.5. The summed E-state index contributed by atoms with van der Waals surface area (Å²) in [5.74, 6) is 0.801. The number of hydrogen-bond acceptors (Lipinski definition) is 7. The Bertz CT molecular complexity index is 883. The van der Waals surface area contributed by atoms with Crippen LogP contribution in [0.4, 0.5) is 5.69 Å². The maximum absolute atomic E-state index is 10.9. The van der Waals surface area contributed by atoms with Gasteiger partial charge in [-0.05, 0) is 32.1 Å². The quantitative estimate of drug-likeness (QED) is 0.503. The first-order chi connectivity index (χ1) is 11.5. The molecular weight excluding hydrogens is 328 g/mol. The number of aromatic nitrogens is 4. The molecule has 9 heteroatoms. The largest absolute Gasteiger partial charge is 0.296 e. The minimum Gasteiger partial charge on any atom is -0.296 e. The predicted molar refractivity (Wildman–Crippen MR) is 92.1 cm³/mol. The van der Waals surface area contributed by atoms with Crippen LogP contribution in [0.3, 0.4) is 0 Å². The van der Waals surface area contributed by atoms with Crippen molar-refractivity contribution in [1.29, 1.82) is 0 Å². The first-order valence-electron chi connectivity index (χ1n) is 7.72. The second kappa shape index (κ2) is 6.62. The van der Waals surface area contributed by atoms with E-state index in [0.717, 1.165) is 34.4 Å². The molecule has 0 unspecified atom stereocenters. The Balaban J connectivity index is 1.95. The molecule has 1 aromatic carbocycles. The van der Waals surface area contributed by atoms with Crippen molar-refractivity contribution in [3.05, 3.63) is 39.7 Å². The van der Waals surface area contributed by atoms with Gasteiger partial charge in [-0.2, -0.15) is 9.61 Å². The second-order valence-electron chi connectivity index (χ2n) is 5.44. The Hall–Kier alpha value is -2.39. The summed E-state index contributed by atoms with van der Waals surface area (Å²) in [6.45, 7) is 8.50. The zero-order valence-electron chi connectivity index (χ0n) is 13.8. The van der Waals surface area contributed by atoms with Crippen LogP contribution in [0.15, 0.2) is 18.2 Å². The topological polar surface area (TPSA) is 89.5 Å². The monoisotopic (exact) mass is 346 g/mol. The average Bonchev–Trinajstić information content (AvgIpc) is 3.13. The lowest BCUT2D eigenvalue weighted by molar-refractivity contribution is -0.385. The van der Waals surface area contributed by atoms with Crippen LogP contribution in [-0.4, -0.2) is 42.7 Å². The van der Waals surface area contributed by atoms with E-state index in [9.17, 15) is 10.1 Å². The SMILES string of the molecule is CCN(CC)Cc1nnc2sc(-c3ccc([N+](=O)[O-])c(C)c3)nn12. The number of benzene rings is 1. The molecule has 24 heavy (non-hydrogen) atoms. The van der Waals surface area contributed by atoms with E-state index in [1.54, 1.807) is 23.6 Å². The van der Waals surface area contributed by atoms with Crippen LogP contribution in [0.25, 0.3) is 15.5 Å². The van der Waals surface area contributed by atoms with Crippen LogP contribution in [0.2, 0.25) is 0 Å². The Morgan fingerprint density at radius 2 is 2.04 bits per heavy atom. The zero-order chi connectivity index (χ0) is 17.3. The van der Waals surface area contributed by atoms with Crippen molar-refractivity contribution >= 4 is 22.0 Å². The number of hydrogen-bond donors (Lipinski definition) is 0. The van der Waals surface area contributed by atoms with Crippen molar-refractivity contribution in [1.82, 2.24) is 24.7 Å². The van der Waals surface area contributed by atoms with Gasteiger partial charge in [0.2, 0.25) is 4.96 Å². The van der Waals surface area contributed by atoms with Gasteiger partial charge in [-0.15, -0.1) is 10.2 Å². The van der Waals surface area contributed by atoms with Gasteiger partial charge in [0, 0.05) is 17.2 Å². The third-order valence-electron chi connectivity index (χ3n) is 3.96. The van der Waals surface area contributed by atoms with Gasteiger partial charge in [0.1, 0.15) is 5.01 Å². The van der Waals surface area contributed by atoms with E-state index in [0.29, 0.717) is 12.1 Å². The molecule has 0 amide bonds. The average molecular weight is 346 g/mol. The van der Waals surface area contributed by atoms with Crippen molar-refractivity contribution in [3.8, 4) is 10.6 Å². The molecule has 0 aliphatic rings. The van der Waals surface area contributed by atoms with E-state index in [1.807, 2.05) is 0 Å². The lowest BCUT2D eigenvalue weighted by Gasteiger charge is -2.15. The van der Waals surface area contributed by atoms with Crippen LogP contribution in [-0.2, 0) is 6.54 Å². The molecule has 3 rings (SSSR count). The lowest BCUT2D eigenvalue weighted by Crippen LogP contribution is -2.23. The van der Waals surface area contributed by atoms with Crippen LogP contribution < -0.4 is 0 Å². The van der Waals surface area contributed by atoms with E-state index in [-0.39, 0.29) is 10.6 Å². The van der Waals surface area contributed by atoms with E-state index in [4.69, 9.17) is 0 Å². The molecule has 0 fully saturated rings. The van der Waals surface area contributed by atoms with Crippen LogP contribution in [0, 0.1) is 17.0 Å². The molecular formula is C15H18N6O2S. The molecule has 8 nitrogen and oxygen atoms in total. The predicted octanol–water partition coefficient (Wildman–Crippen LogP) is 2.91. The maximum Gasteiger partial charge on any atom is 0.272 e. The number of rotatable bonds is 6. The number of aryl methyl sites for hydroxylation is 1. The van der Waals surface area contributed by atoms with Gasteiger partial charge in [0.15, 0.2) is 5.82 Å². The summed E-state index contributed by atoms with van der Waals surface area (Å²) in [5.41, 5.74) is 1.58. The molecule has 2 heterocycles. The summed E-state index contributed by atoms with van der Waals surface area (Å²) in [6, 6.07) is 5.03. The Morgan fingerprint density at radius 3 is 2.67 bits per heavy atom. The van der Waals surface area contributed by atoms with E-state index in [1.165, 1.54) is 17.4 Å². The fourth-order valence-electron chi connectivity index (χ4n) is 2.51. The highest BCUT2D eigenvalue weighted by Crippen LogP contribution is 2.29. The van der Waals surface area contributed by atoms with Crippen LogP contribution in [0.1, 0.15) is 25.2 Å². The second-order valence-corrected chi connectivity index (χ2v) is 6.39. The Morgan fingerprint density at radius 1 is 1.29 bits per heavy atom. The standard InChI is InChI=1S/C15H18N6O2S/c1-4-19(5-2)9-13-16-17-15-20(13)18-14(24-15)11-6-7-12(21(22)23)10(3)8-11/h6-8H,4-5,9H2,1-3H3. The summed E-state index contributed by atoms with van der Waals surface area (Å²) >= 11 is 1.43. The highest BCUT2D eigenvalue weighted by Gasteiger charge is 2.17. The number of nitrogens with zero attached hydrogens (tertiary/aromatic N) is 6. The Labute approximate surface area is 142 Å². The molecule has 0 aliphatic carbocycles. The smallest absolute Gasteiger partial charge is 0.272 e. The van der Waals surface area contributed by atoms with Crippen molar-refractivity contribution in [2.75, 3.05) is 13.1 Å². The molecule has 0 saturated carbocycles. The summed E-state index contributed by atoms with van der Waals surface area (Å²) in [4.78, 5) is 13.5. The van der Waals surface area contributed by atoms with Crippen molar-refractivity contribution in [3.63, 3.8) is 0 Å².